The standard InChI is InChI=1S/C22H35N5O/c1-16-5-6-19-18(13-16)20(26(2)17-7-10-23-14-17)25-21(24-19)28-15-22-8-3-11-27(22)12-4-9-22/h16-17,23H,3-15H2,1-2H3. The summed E-state index contributed by atoms with van der Waals surface area (Å²) in [6.45, 7) is 7.70. The van der Waals surface area contributed by atoms with E-state index in [4.69, 9.17) is 14.7 Å². The molecule has 5 rings (SSSR count). The quantitative estimate of drug-likeness (QED) is 0.840. The number of fused-ring (bicyclic) bond motifs is 2. The molecule has 2 atom stereocenters. The highest BCUT2D eigenvalue weighted by Crippen LogP contribution is 2.39. The van der Waals surface area contributed by atoms with E-state index in [0.717, 1.165) is 38.4 Å². The second-order valence-corrected chi connectivity index (χ2v) is 9.57. The van der Waals surface area contributed by atoms with Crippen LogP contribution in [0.1, 0.15) is 56.7 Å². The van der Waals surface area contributed by atoms with Gasteiger partial charge in [0, 0.05) is 25.2 Å². The summed E-state index contributed by atoms with van der Waals surface area (Å²) in [7, 11) is 2.21. The van der Waals surface area contributed by atoms with Crippen molar-refractivity contribution < 1.29 is 4.74 Å². The Bertz CT molecular complexity index is 707. The third-order valence-corrected chi connectivity index (χ3v) is 7.67. The number of ether oxygens (including phenoxy) is 1. The number of hydrogen-bond donors (Lipinski definition) is 1. The van der Waals surface area contributed by atoms with Gasteiger partial charge in [-0.2, -0.15) is 9.97 Å². The highest BCUT2D eigenvalue weighted by Gasteiger charge is 2.45. The van der Waals surface area contributed by atoms with Crippen LogP contribution in [0.15, 0.2) is 0 Å². The van der Waals surface area contributed by atoms with Gasteiger partial charge in [-0.3, -0.25) is 4.90 Å². The molecule has 4 heterocycles. The molecule has 0 amide bonds. The molecule has 1 N–H and O–H groups in total. The topological polar surface area (TPSA) is 53.5 Å². The number of likely N-dealkylation sites (N-methyl/N-ethyl adjacent to an activating group) is 1. The van der Waals surface area contributed by atoms with E-state index < -0.39 is 0 Å². The van der Waals surface area contributed by atoms with Gasteiger partial charge in [-0.25, -0.2) is 0 Å². The molecule has 1 aliphatic carbocycles. The van der Waals surface area contributed by atoms with Crippen LogP contribution in [-0.4, -0.2) is 66.3 Å². The molecule has 0 aromatic carbocycles. The first kappa shape index (κ1) is 18.6. The SMILES string of the molecule is CC1CCc2nc(OCC34CCCN3CCC4)nc(N(C)C3CCNC3)c2C1. The van der Waals surface area contributed by atoms with E-state index in [-0.39, 0.29) is 5.54 Å². The zero-order chi connectivity index (χ0) is 19.1. The molecule has 0 spiro atoms. The maximum absolute atomic E-state index is 6.33. The minimum absolute atomic E-state index is 0.245. The van der Waals surface area contributed by atoms with Gasteiger partial charge in [-0.1, -0.05) is 6.92 Å². The van der Waals surface area contributed by atoms with Crippen LogP contribution in [-0.2, 0) is 12.8 Å². The lowest BCUT2D eigenvalue weighted by molar-refractivity contribution is 0.107. The maximum Gasteiger partial charge on any atom is 0.318 e. The molecule has 4 aliphatic rings. The Kier molecular flexibility index (Phi) is 4.95. The highest BCUT2D eigenvalue weighted by atomic mass is 16.5. The molecule has 2 unspecified atom stereocenters. The van der Waals surface area contributed by atoms with Crippen LogP contribution in [0.4, 0.5) is 5.82 Å². The Labute approximate surface area is 169 Å². The van der Waals surface area contributed by atoms with Gasteiger partial charge in [0.2, 0.25) is 0 Å². The highest BCUT2D eigenvalue weighted by molar-refractivity contribution is 5.51. The van der Waals surface area contributed by atoms with E-state index in [1.165, 1.54) is 62.9 Å². The molecule has 0 saturated carbocycles. The lowest BCUT2D eigenvalue weighted by Crippen LogP contribution is -2.43. The van der Waals surface area contributed by atoms with E-state index in [1.807, 2.05) is 0 Å². The molecule has 3 fully saturated rings. The first-order chi connectivity index (χ1) is 13.6. The van der Waals surface area contributed by atoms with Gasteiger partial charge in [-0.05, 0) is 76.9 Å². The van der Waals surface area contributed by atoms with Gasteiger partial charge in [0.1, 0.15) is 12.4 Å². The van der Waals surface area contributed by atoms with Gasteiger partial charge >= 0.3 is 6.01 Å². The largest absolute Gasteiger partial charge is 0.461 e. The van der Waals surface area contributed by atoms with E-state index in [1.54, 1.807) is 0 Å². The number of hydrogen-bond acceptors (Lipinski definition) is 6. The van der Waals surface area contributed by atoms with Crippen molar-refractivity contribution in [2.45, 2.75) is 69.9 Å². The molecule has 28 heavy (non-hydrogen) atoms. The summed E-state index contributed by atoms with van der Waals surface area (Å²) >= 11 is 0. The second-order valence-electron chi connectivity index (χ2n) is 9.57. The van der Waals surface area contributed by atoms with Crippen LogP contribution in [0.5, 0.6) is 6.01 Å². The van der Waals surface area contributed by atoms with Crippen LogP contribution in [0.25, 0.3) is 0 Å². The van der Waals surface area contributed by atoms with E-state index in [9.17, 15) is 0 Å². The van der Waals surface area contributed by atoms with Crippen molar-refractivity contribution in [2.75, 3.05) is 44.7 Å². The zero-order valence-electron chi connectivity index (χ0n) is 17.5. The third kappa shape index (κ3) is 3.28. The summed E-state index contributed by atoms with van der Waals surface area (Å²) in [6, 6.07) is 1.12. The van der Waals surface area contributed by atoms with Crippen molar-refractivity contribution in [3.05, 3.63) is 11.3 Å². The zero-order valence-corrected chi connectivity index (χ0v) is 17.5. The number of nitrogens with one attached hydrogen (secondary N) is 1. The van der Waals surface area contributed by atoms with Gasteiger partial charge in [0.15, 0.2) is 0 Å². The van der Waals surface area contributed by atoms with Crippen molar-refractivity contribution in [3.63, 3.8) is 0 Å². The molecule has 1 aromatic heterocycles. The fourth-order valence-electron chi connectivity index (χ4n) is 5.90. The number of aromatic nitrogens is 2. The Morgan fingerprint density at radius 2 is 2.04 bits per heavy atom. The summed E-state index contributed by atoms with van der Waals surface area (Å²) in [4.78, 5) is 14.9. The third-order valence-electron chi connectivity index (χ3n) is 7.67. The Morgan fingerprint density at radius 3 is 2.79 bits per heavy atom. The molecular formula is C22H35N5O. The molecule has 6 nitrogen and oxygen atoms in total. The molecule has 3 saturated heterocycles. The fraction of sp³-hybridized carbons (Fsp3) is 0.818. The minimum Gasteiger partial charge on any atom is -0.461 e. The molecule has 1 aromatic rings. The van der Waals surface area contributed by atoms with Gasteiger partial charge in [-0.15, -0.1) is 0 Å². The molecule has 0 radical (unpaired) electrons. The normalized spacial score (nSPS) is 28.9. The maximum atomic E-state index is 6.33. The summed E-state index contributed by atoms with van der Waals surface area (Å²) in [6.07, 6.45) is 9.66. The Hall–Kier alpha value is -1.40. The van der Waals surface area contributed by atoms with E-state index >= 15 is 0 Å². The average Bonchev–Trinajstić information content (AvgIpc) is 3.42. The number of rotatable bonds is 5. The fourth-order valence-corrected chi connectivity index (χ4v) is 5.90. The van der Waals surface area contributed by atoms with Crippen LogP contribution < -0.4 is 15.0 Å². The van der Waals surface area contributed by atoms with Crippen molar-refractivity contribution in [1.29, 1.82) is 0 Å². The van der Waals surface area contributed by atoms with Gasteiger partial charge in [0.05, 0.1) is 11.2 Å². The number of nitrogens with zero attached hydrogens (tertiary/aromatic N) is 4. The van der Waals surface area contributed by atoms with Crippen molar-refractivity contribution in [3.8, 4) is 6.01 Å². The van der Waals surface area contributed by atoms with Crippen molar-refractivity contribution in [1.82, 2.24) is 20.2 Å². The summed E-state index contributed by atoms with van der Waals surface area (Å²) in [5.41, 5.74) is 2.83. The summed E-state index contributed by atoms with van der Waals surface area (Å²) in [5.74, 6) is 1.83. The Balaban J connectivity index is 1.41. The first-order valence-corrected chi connectivity index (χ1v) is 11.4. The summed E-state index contributed by atoms with van der Waals surface area (Å²) < 4.78 is 6.33. The van der Waals surface area contributed by atoms with E-state index in [0.29, 0.717) is 18.0 Å². The van der Waals surface area contributed by atoms with E-state index in [2.05, 4.69) is 29.1 Å². The lowest BCUT2D eigenvalue weighted by atomic mass is 9.88. The lowest BCUT2D eigenvalue weighted by Gasteiger charge is -2.33. The predicted octanol–water partition coefficient (Wildman–Crippen LogP) is 2.41. The van der Waals surface area contributed by atoms with Crippen LogP contribution in [0, 0.1) is 5.92 Å². The number of anilines is 1. The van der Waals surface area contributed by atoms with Gasteiger partial charge < -0.3 is 15.0 Å². The van der Waals surface area contributed by atoms with Crippen LogP contribution in [0.2, 0.25) is 0 Å². The van der Waals surface area contributed by atoms with Crippen LogP contribution >= 0.6 is 0 Å². The number of aryl methyl sites for hydroxylation is 1. The summed E-state index contributed by atoms with van der Waals surface area (Å²) in [5, 5.41) is 3.49. The Morgan fingerprint density at radius 1 is 1.21 bits per heavy atom. The van der Waals surface area contributed by atoms with Crippen LogP contribution in [0.3, 0.4) is 0 Å². The van der Waals surface area contributed by atoms with Crippen molar-refractivity contribution >= 4 is 5.82 Å². The molecule has 3 aliphatic heterocycles. The molecule has 6 heteroatoms. The molecular weight excluding hydrogens is 350 g/mol. The smallest absolute Gasteiger partial charge is 0.318 e. The van der Waals surface area contributed by atoms with Crippen molar-refractivity contribution in [2.24, 2.45) is 5.92 Å². The average molecular weight is 386 g/mol. The minimum atomic E-state index is 0.245. The van der Waals surface area contributed by atoms with Gasteiger partial charge in [0.25, 0.3) is 0 Å². The first-order valence-electron chi connectivity index (χ1n) is 11.4. The predicted molar refractivity (Wildman–Crippen MR) is 111 cm³/mol. The second kappa shape index (κ2) is 7.45. The monoisotopic (exact) mass is 385 g/mol. The molecule has 154 valence electrons. The molecule has 0 bridgehead atoms.